The second kappa shape index (κ2) is 5.18. The summed E-state index contributed by atoms with van der Waals surface area (Å²) in [6, 6.07) is 1.77. The third-order valence-corrected chi connectivity index (χ3v) is 3.18. The van der Waals surface area contributed by atoms with E-state index >= 15 is 0 Å². The summed E-state index contributed by atoms with van der Waals surface area (Å²) in [6.07, 6.45) is 4.65. The van der Waals surface area contributed by atoms with Crippen LogP contribution < -0.4 is 5.73 Å². The maximum atomic E-state index is 5.67. The van der Waals surface area contributed by atoms with E-state index in [2.05, 4.69) is 15.0 Å². The van der Waals surface area contributed by atoms with Crippen molar-refractivity contribution in [2.75, 3.05) is 11.5 Å². The first-order valence-corrected chi connectivity index (χ1v) is 6.34. The molecule has 0 spiro atoms. The molecule has 0 aromatic carbocycles. The topological polar surface area (TPSA) is 69.6 Å². The van der Waals surface area contributed by atoms with Gasteiger partial charge in [-0.25, -0.2) is 15.0 Å². The Bertz CT molecular complexity index is 488. The molecule has 0 atom stereocenters. The van der Waals surface area contributed by atoms with Gasteiger partial charge in [-0.05, 0) is 6.92 Å². The fourth-order valence-electron chi connectivity index (χ4n) is 1.50. The summed E-state index contributed by atoms with van der Waals surface area (Å²) in [5, 5.41) is 0.733. The molecular weight excluding hydrogens is 234 g/mol. The predicted octanol–water partition coefficient (Wildman–Crippen LogP) is 1.44. The number of hydrogen-bond donors (Lipinski definition) is 1. The van der Waals surface area contributed by atoms with Crippen molar-refractivity contribution in [3.63, 3.8) is 0 Å². The van der Waals surface area contributed by atoms with Gasteiger partial charge in [0.2, 0.25) is 0 Å². The number of nitrogen functional groups attached to an aromatic ring is 1. The molecule has 2 rings (SSSR count). The second-order valence-corrected chi connectivity index (χ2v) is 4.83. The van der Waals surface area contributed by atoms with Gasteiger partial charge in [-0.2, -0.15) is 0 Å². The van der Waals surface area contributed by atoms with E-state index in [1.54, 1.807) is 24.0 Å². The minimum absolute atomic E-state index is 0.525. The largest absolute Gasteiger partial charge is 0.384 e. The van der Waals surface area contributed by atoms with Gasteiger partial charge in [0.1, 0.15) is 11.6 Å². The summed E-state index contributed by atoms with van der Waals surface area (Å²) in [5.41, 5.74) is 6.57. The van der Waals surface area contributed by atoms with E-state index in [0.29, 0.717) is 5.82 Å². The quantitative estimate of drug-likeness (QED) is 0.656. The zero-order valence-corrected chi connectivity index (χ0v) is 10.7. The number of hydrogen-bond acceptors (Lipinski definition) is 5. The smallest absolute Gasteiger partial charge is 0.189 e. The van der Waals surface area contributed by atoms with Crippen LogP contribution in [0.25, 0.3) is 0 Å². The van der Waals surface area contributed by atoms with Crippen molar-refractivity contribution in [2.24, 2.45) is 7.05 Å². The van der Waals surface area contributed by atoms with Gasteiger partial charge in [0.05, 0.1) is 0 Å². The van der Waals surface area contributed by atoms with E-state index in [4.69, 9.17) is 5.73 Å². The van der Waals surface area contributed by atoms with E-state index in [1.807, 2.05) is 24.7 Å². The lowest BCUT2D eigenvalue weighted by Crippen LogP contribution is -2.01. The molecule has 6 heteroatoms. The molecule has 2 N–H and O–H groups in total. The number of anilines is 1. The van der Waals surface area contributed by atoms with Crippen LogP contribution in [0.1, 0.15) is 11.5 Å². The lowest BCUT2D eigenvalue weighted by Gasteiger charge is -2.03. The SMILES string of the molecule is Cc1cc(N)nc(SCCc2nccn2C)n1. The third-order valence-electron chi connectivity index (χ3n) is 2.33. The zero-order chi connectivity index (χ0) is 12.3. The van der Waals surface area contributed by atoms with Crippen molar-refractivity contribution in [1.82, 2.24) is 19.5 Å². The van der Waals surface area contributed by atoms with Crippen molar-refractivity contribution >= 4 is 17.6 Å². The molecule has 0 radical (unpaired) electrons. The highest BCUT2D eigenvalue weighted by atomic mass is 32.2. The molecule has 2 aromatic rings. The molecule has 0 aliphatic carbocycles. The summed E-state index contributed by atoms with van der Waals surface area (Å²) in [4.78, 5) is 12.8. The number of rotatable bonds is 4. The fourth-order valence-corrected chi connectivity index (χ4v) is 2.35. The van der Waals surface area contributed by atoms with Crippen LogP contribution in [0.15, 0.2) is 23.6 Å². The Balaban J connectivity index is 1.92. The Kier molecular flexibility index (Phi) is 3.63. The first-order valence-electron chi connectivity index (χ1n) is 5.35. The lowest BCUT2D eigenvalue weighted by atomic mass is 10.4. The van der Waals surface area contributed by atoms with Gasteiger partial charge in [-0.1, -0.05) is 11.8 Å². The first-order chi connectivity index (χ1) is 8.15. The standard InChI is InChI=1S/C11H15N5S/c1-8-7-9(12)15-11(14-8)17-6-3-10-13-4-5-16(10)2/h4-5,7H,3,6H2,1-2H3,(H2,12,14,15). The van der Waals surface area contributed by atoms with Crippen molar-refractivity contribution in [3.05, 3.63) is 30.0 Å². The summed E-state index contributed by atoms with van der Waals surface area (Å²) in [7, 11) is 1.99. The van der Waals surface area contributed by atoms with Crippen LogP contribution in [0, 0.1) is 6.92 Å². The second-order valence-electron chi connectivity index (χ2n) is 3.77. The van der Waals surface area contributed by atoms with Crippen molar-refractivity contribution in [3.8, 4) is 0 Å². The highest BCUT2D eigenvalue weighted by Crippen LogP contribution is 2.16. The molecule has 0 aliphatic heterocycles. The van der Waals surface area contributed by atoms with Crippen LogP contribution in [0.4, 0.5) is 5.82 Å². The molecule has 0 unspecified atom stereocenters. The van der Waals surface area contributed by atoms with E-state index < -0.39 is 0 Å². The minimum atomic E-state index is 0.525. The molecule has 0 saturated carbocycles. The number of aromatic nitrogens is 4. The van der Waals surface area contributed by atoms with Gasteiger partial charge < -0.3 is 10.3 Å². The molecule has 2 aromatic heterocycles. The normalized spacial score (nSPS) is 10.7. The molecule has 90 valence electrons. The summed E-state index contributed by atoms with van der Waals surface area (Å²) in [6.45, 7) is 1.92. The van der Waals surface area contributed by atoms with Crippen LogP contribution in [0.3, 0.4) is 0 Å². The summed E-state index contributed by atoms with van der Waals surface area (Å²) < 4.78 is 2.02. The maximum absolute atomic E-state index is 5.67. The van der Waals surface area contributed by atoms with Gasteiger partial charge in [0.25, 0.3) is 0 Å². The average Bonchev–Trinajstić information content (AvgIpc) is 2.63. The van der Waals surface area contributed by atoms with E-state index in [1.165, 1.54) is 0 Å². The van der Waals surface area contributed by atoms with Gasteiger partial charge in [-0.3, -0.25) is 0 Å². The molecule has 0 bridgehead atoms. The number of thioether (sulfide) groups is 1. The highest BCUT2D eigenvalue weighted by Gasteiger charge is 2.03. The van der Waals surface area contributed by atoms with Crippen LogP contribution >= 0.6 is 11.8 Å². The van der Waals surface area contributed by atoms with Crippen LogP contribution in [-0.4, -0.2) is 25.3 Å². The predicted molar refractivity (Wildman–Crippen MR) is 68.8 cm³/mol. The third kappa shape index (κ3) is 3.20. The Hall–Kier alpha value is -1.56. The zero-order valence-electron chi connectivity index (χ0n) is 9.92. The Morgan fingerprint density at radius 1 is 1.41 bits per heavy atom. The minimum Gasteiger partial charge on any atom is -0.384 e. The van der Waals surface area contributed by atoms with Crippen molar-refractivity contribution < 1.29 is 0 Å². The van der Waals surface area contributed by atoms with E-state index in [0.717, 1.165) is 28.8 Å². The van der Waals surface area contributed by atoms with Crippen LogP contribution in [0.5, 0.6) is 0 Å². The molecule has 0 amide bonds. The molecular formula is C11H15N5S. The highest BCUT2D eigenvalue weighted by molar-refractivity contribution is 7.99. The van der Waals surface area contributed by atoms with Gasteiger partial charge in [0.15, 0.2) is 5.16 Å². The number of aryl methyl sites for hydroxylation is 3. The van der Waals surface area contributed by atoms with Gasteiger partial charge >= 0.3 is 0 Å². The van der Waals surface area contributed by atoms with Crippen molar-refractivity contribution in [1.29, 1.82) is 0 Å². The monoisotopic (exact) mass is 249 g/mol. The summed E-state index contributed by atoms with van der Waals surface area (Å²) in [5.74, 6) is 2.49. The molecule has 0 fully saturated rings. The summed E-state index contributed by atoms with van der Waals surface area (Å²) >= 11 is 1.60. The Labute approximate surface area is 104 Å². The lowest BCUT2D eigenvalue weighted by molar-refractivity contribution is 0.810. The van der Waals surface area contributed by atoms with E-state index in [-0.39, 0.29) is 0 Å². The molecule has 17 heavy (non-hydrogen) atoms. The number of nitrogens with zero attached hydrogens (tertiary/aromatic N) is 4. The number of imidazole rings is 1. The Morgan fingerprint density at radius 3 is 2.88 bits per heavy atom. The van der Waals surface area contributed by atoms with Crippen LogP contribution in [-0.2, 0) is 13.5 Å². The molecule has 0 aliphatic rings. The molecule has 5 nitrogen and oxygen atoms in total. The number of nitrogens with two attached hydrogens (primary N) is 1. The van der Waals surface area contributed by atoms with Crippen molar-refractivity contribution in [2.45, 2.75) is 18.5 Å². The molecule has 2 heterocycles. The van der Waals surface area contributed by atoms with Crippen LogP contribution in [0.2, 0.25) is 0 Å². The maximum Gasteiger partial charge on any atom is 0.189 e. The van der Waals surface area contributed by atoms with E-state index in [9.17, 15) is 0 Å². The van der Waals surface area contributed by atoms with Gasteiger partial charge in [-0.15, -0.1) is 0 Å². The average molecular weight is 249 g/mol. The molecule has 0 saturated heterocycles. The Morgan fingerprint density at radius 2 is 2.24 bits per heavy atom. The van der Waals surface area contributed by atoms with Gasteiger partial charge in [0, 0.05) is 43.4 Å². The first kappa shape index (κ1) is 11.9. The fraction of sp³-hybridized carbons (Fsp3) is 0.364.